The maximum atomic E-state index is 13.4. The molecule has 0 amide bonds. The smallest absolute Gasteiger partial charge is 0.134 e. The average molecular weight is 358 g/mol. The van der Waals surface area contributed by atoms with Gasteiger partial charge in [0.1, 0.15) is 24.0 Å². The standard InChI is InChI=1S/C14H11BrClFN2O/c15-12-6-10(16)1-2-13(12)20-7-8-3-9(14(18)19)5-11(17)4-8/h1-6H,7H2,(H3,18,19). The normalized spacial score (nSPS) is 10.3. The van der Waals surface area contributed by atoms with E-state index in [1.807, 2.05) is 0 Å². The van der Waals surface area contributed by atoms with Crippen LogP contribution in [0.3, 0.4) is 0 Å². The van der Waals surface area contributed by atoms with Crippen LogP contribution in [0, 0.1) is 11.2 Å². The van der Waals surface area contributed by atoms with E-state index >= 15 is 0 Å². The number of rotatable bonds is 4. The molecule has 0 saturated carbocycles. The SMILES string of the molecule is N=C(N)c1cc(F)cc(COc2ccc(Cl)cc2Br)c1. The number of hydrogen-bond donors (Lipinski definition) is 2. The average Bonchev–Trinajstić information content (AvgIpc) is 2.37. The number of nitrogens with one attached hydrogen (secondary N) is 1. The summed E-state index contributed by atoms with van der Waals surface area (Å²) >= 11 is 9.17. The molecule has 104 valence electrons. The number of ether oxygens (including phenoxy) is 1. The predicted octanol–water partition coefficient (Wildman–Crippen LogP) is 4.10. The first kappa shape index (κ1) is 14.8. The van der Waals surface area contributed by atoms with E-state index in [2.05, 4.69) is 15.9 Å². The molecule has 0 heterocycles. The van der Waals surface area contributed by atoms with Crippen molar-refractivity contribution < 1.29 is 9.13 Å². The molecule has 0 spiro atoms. The fourth-order valence-corrected chi connectivity index (χ4v) is 2.44. The number of halogens is 3. The zero-order valence-corrected chi connectivity index (χ0v) is 12.6. The number of nitrogen functional groups attached to an aromatic ring is 1. The molecule has 6 heteroatoms. The molecule has 20 heavy (non-hydrogen) atoms. The highest BCUT2D eigenvalue weighted by atomic mass is 79.9. The van der Waals surface area contributed by atoms with Gasteiger partial charge in [-0.05, 0) is 57.9 Å². The third-order valence-electron chi connectivity index (χ3n) is 2.56. The highest BCUT2D eigenvalue weighted by Crippen LogP contribution is 2.28. The van der Waals surface area contributed by atoms with Crippen LogP contribution in [0.2, 0.25) is 5.02 Å². The molecular weight excluding hydrogens is 347 g/mol. The fraction of sp³-hybridized carbons (Fsp3) is 0.0714. The maximum Gasteiger partial charge on any atom is 0.134 e. The monoisotopic (exact) mass is 356 g/mol. The molecule has 2 aromatic rings. The second-order valence-corrected chi connectivity index (χ2v) is 5.42. The van der Waals surface area contributed by atoms with Gasteiger partial charge in [0.05, 0.1) is 4.47 Å². The molecule has 0 aliphatic carbocycles. The van der Waals surface area contributed by atoms with Gasteiger partial charge in [-0.3, -0.25) is 5.41 Å². The van der Waals surface area contributed by atoms with Gasteiger partial charge in [0, 0.05) is 10.6 Å². The van der Waals surface area contributed by atoms with Crippen LogP contribution in [0.1, 0.15) is 11.1 Å². The van der Waals surface area contributed by atoms with Crippen molar-refractivity contribution >= 4 is 33.4 Å². The van der Waals surface area contributed by atoms with E-state index in [0.717, 1.165) is 0 Å². The van der Waals surface area contributed by atoms with Crippen LogP contribution in [-0.4, -0.2) is 5.84 Å². The lowest BCUT2D eigenvalue weighted by molar-refractivity contribution is 0.303. The van der Waals surface area contributed by atoms with Crippen LogP contribution in [-0.2, 0) is 6.61 Å². The van der Waals surface area contributed by atoms with Gasteiger partial charge in [-0.25, -0.2) is 4.39 Å². The van der Waals surface area contributed by atoms with E-state index in [1.54, 1.807) is 24.3 Å². The third-order valence-corrected chi connectivity index (χ3v) is 3.41. The first-order valence-corrected chi connectivity index (χ1v) is 6.84. The highest BCUT2D eigenvalue weighted by Gasteiger charge is 2.06. The summed E-state index contributed by atoms with van der Waals surface area (Å²) < 4.78 is 19.7. The molecule has 2 rings (SSSR count). The van der Waals surface area contributed by atoms with Gasteiger partial charge < -0.3 is 10.5 Å². The predicted molar refractivity (Wildman–Crippen MR) is 80.9 cm³/mol. The Morgan fingerprint density at radius 1 is 1.30 bits per heavy atom. The molecular formula is C14H11BrClFN2O. The Labute approximate surface area is 129 Å². The van der Waals surface area contributed by atoms with Crippen molar-refractivity contribution in [3.05, 3.63) is 62.8 Å². The Kier molecular flexibility index (Phi) is 4.62. The highest BCUT2D eigenvalue weighted by molar-refractivity contribution is 9.10. The Morgan fingerprint density at radius 2 is 2.05 bits per heavy atom. The Hall–Kier alpha value is -1.59. The summed E-state index contributed by atoms with van der Waals surface area (Å²) in [6, 6.07) is 9.31. The molecule has 0 atom stereocenters. The molecule has 0 aliphatic heterocycles. The van der Waals surface area contributed by atoms with Gasteiger partial charge in [-0.1, -0.05) is 11.6 Å². The summed E-state index contributed by atoms with van der Waals surface area (Å²) in [7, 11) is 0. The number of hydrogen-bond acceptors (Lipinski definition) is 2. The van der Waals surface area contributed by atoms with Crippen LogP contribution in [0.4, 0.5) is 4.39 Å². The lowest BCUT2D eigenvalue weighted by Gasteiger charge is -2.10. The van der Waals surface area contributed by atoms with Gasteiger partial charge in [-0.2, -0.15) is 0 Å². The zero-order valence-electron chi connectivity index (χ0n) is 10.3. The summed E-state index contributed by atoms with van der Waals surface area (Å²) in [6.45, 7) is 0.165. The minimum Gasteiger partial charge on any atom is -0.488 e. The topological polar surface area (TPSA) is 59.1 Å². The second-order valence-electron chi connectivity index (χ2n) is 4.13. The third kappa shape index (κ3) is 3.71. The summed E-state index contributed by atoms with van der Waals surface area (Å²) in [5.74, 6) is -0.0343. The van der Waals surface area contributed by atoms with Crippen LogP contribution < -0.4 is 10.5 Å². The first-order chi connectivity index (χ1) is 9.45. The fourth-order valence-electron chi connectivity index (χ4n) is 1.64. The summed E-state index contributed by atoms with van der Waals surface area (Å²) in [4.78, 5) is 0. The van der Waals surface area contributed by atoms with E-state index < -0.39 is 5.82 Å². The number of benzene rings is 2. The van der Waals surface area contributed by atoms with Crippen molar-refractivity contribution in [1.29, 1.82) is 5.41 Å². The molecule has 0 aromatic heterocycles. The maximum absolute atomic E-state index is 13.4. The summed E-state index contributed by atoms with van der Waals surface area (Å²) in [6.07, 6.45) is 0. The van der Waals surface area contributed by atoms with Crippen LogP contribution in [0.15, 0.2) is 40.9 Å². The van der Waals surface area contributed by atoms with Gasteiger partial charge in [0.15, 0.2) is 0 Å². The lowest BCUT2D eigenvalue weighted by atomic mass is 10.1. The van der Waals surface area contributed by atoms with Gasteiger partial charge in [0.2, 0.25) is 0 Å². The lowest BCUT2D eigenvalue weighted by Crippen LogP contribution is -2.12. The van der Waals surface area contributed by atoms with E-state index in [0.29, 0.717) is 26.4 Å². The number of nitrogens with two attached hydrogens (primary N) is 1. The van der Waals surface area contributed by atoms with Crippen molar-refractivity contribution in [2.24, 2.45) is 5.73 Å². The largest absolute Gasteiger partial charge is 0.488 e. The van der Waals surface area contributed by atoms with E-state index in [-0.39, 0.29) is 12.4 Å². The molecule has 2 aromatic carbocycles. The van der Waals surface area contributed by atoms with Crippen molar-refractivity contribution in [1.82, 2.24) is 0 Å². The van der Waals surface area contributed by atoms with Crippen molar-refractivity contribution in [2.45, 2.75) is 6.61 Å². The van der Waals surface area contributed by atoms with Crippen molar-refractivity contribution in [3.8, 4) is 5.75 Å². The molecule has 0 unspecified atom stereocenters. The van der Waals surface area contributed by atoms with Crippen LogP contribution in [0.25, 0.3) is 0 Å². The first-order valence-electron chi connectivity index (χ1n) is 5.67. The molecule has 3 nitrogen and oxygen atoms in total. The van der Waals surface area contributed by atoms with Crippen LogP contribution >= 0.6 is 27.5 Å². The molecule has 0 aliphatic rings. The van der Waals surface area contributed by atoms with Gasteiger partial charge >= 0.3 is 0 Å². The summed E-state index contributed by atoms with van der Waals surface area (Å²) in [5.41, 5.74) is 6.28. The Bertz CT molecular complexity index is 664. The summed E-state index contributed by atoms with van der Waals surface area (Å²) in [5, 5.41) is 7.92. The number of amidine groups is 1. The minimum absolute atomic E-state index is 0.165. The molecule has 0 radical (unpaired) electrons. The Balaban J connectivity index is 2.16. The van der Waals surface area contributed by atoms with E-state index in [9.17, 15) is 4.39 Å². The van der Waals surface area contributed by atoms with Crippen molar-refractivity contribution in [3.63, 3.8) is 0 Å². The Morgan fingerprint density at radius 3 is 2.70 bits per heavy atom. The van der Waals surface area contributed by atoms with Crippen LogP contribution in [0.5, 0.6) is 5.75 Å². The van der Waals surface area contributed by atoms with Gasteiger partial charge in [0.25, 0.3) is 0 Å². The van der Waals surface area contributed by atoms with E-state index in [1.165, 1.54) is 12.1 Å². The minimum atomic E-state index is -0.452. The quantitative estimate of drug-likeness (QED) is 0.639. The van der Waals surface area contributed by atoms with Gasteiger partial charge in [-0.15, -0.1) is 0 Å². The molecule has 0 saturated heterocycles. The second kappa shape index (κ2) is 6.24. The molecule has 3 N–H and O–H groups in total. The molecule has 0 bridgehead atoms. The van der Waals surface area contributed by atoms with Crippen molar-refractivity contribution in [2.75, 3.05) is 0 Å². The van der Waals surface area contributed by atoms with E-state index in [4.69, 9.17) is 27.5 Å². The molecule has 0 fully saturated rings. The zero-order chi connectivity index (χ0) is 14.7.